The number of carbonyl (C=O) groups is 1. The summed E-state index contributed by atoms with van der Waals surface area (Å²) >= 11 is 0. The Morgan fingerprint density at radius 1 is 1.50 bits per heavy atom. The van der Waals surface area contributed by atoms with Crippen LogP contribution in [0.4, 0.5) is 0 Å². The number of rotatable bonds is 6. The first kappa shape index (κ1) is 14.8. The molecule has 1 atom stereocenters. The van der Waals surface area contributed by atoms with Gasteiger partial charge in [0, 0.05) is 6.42 Å². The summed E-state index contributed by atoms with van der Waals surface area (Å²) in [5.74, 6) is -0.479. The second-order valence-corrected chi connectivity index (χ2v) is 6.38. The Hall–Kier alpha value is -1.60. The average molecular weight is 299 g/mol. The summed E-state index contributed by atoms with van der Waals surface area (Å²) in [5, 5.41) is 9.02. The Kier molecular flexibility index (Phi) is 4.29. The van der Waals surface area contributed by atoms with Gasteiger partial charge < -0.3 is 9.84 Å². The molecule has 0 aliphatic carbocycles. The fourth-order valence-corrected chi connectivity index (χ4v) is 3.38. The lowest BCUT2D eigenvalue weighted by Crippen LogP contribution is -2.40. The van der Waals surface area contributed by atoms with Gasteiger partial charge in [-0.25, -0.2) is 8.42 Å². The van der Waals surface area contributed by atoms with Crippen molar-refractivity contribution in [2.24, 2.45) is 0 Å². The van der Waals surface area contributed by atoms with Gasteiger partial charge in [0.1, 0.15) is 11.8 Å². The highest BCUT2D eigenvalue weighted by atomic mass is 32.2. The SMILES string of the molecule is CCCC(NS(=O)(=O)c1ccc2c(c1)CCO2)C(=O)O. The van der Waals surface area contributed by atoms with E-state index in [1.807, 2.05) is 0 Å². The lowest BCUT2D eigenvalue weighted by molar-refractivity contribution is -0.139. The number of carboxylic acids is 1. The van der Waals surface area contributed by atoms with E-state index >= 15 is 0 Å². The molecule has 1 aliphatic heterocycles. The summed E-state index contributed by atoms with van der Waals surface area (Å²) in [6, 6.07) is 3.47. The van der Waals surface area contributed by atoms with Gasteiger partial charge in [0.15, 0.2) is 0 Å². The van der Waals surface area contributed by atoms with Crippen molar-refractivity contribution in [3.05, 3.63) is 23.8 Å². The summed E-state index contributed by atoms with van der Waals surface area (Å²) in [4.78, 5) is 11.1. The van der Waals surface area contributed by atoms with Crippen LogP contribution in [0.5, 0.6) is 5.75 Å². The number of ether oxygens (including phenoxy) is 1. The topological polar surface area (TPSA) is 92.7 Å². The minimum Gasteiger partial charge on any atom is -0.493 e. The summed E-state index contributed by atoms with van der Waals surface area (Å²) in [7, 11) is -3.83. The molecule has 1 aromatic carbocycles. The molecule has 0 fully saturated rings. The quantitative estimate of drug-likeness (QED) is 0.822. The molecule has 110 valence electrons. The smallest absolute Gasteiger partial charge is 0.321 e. The van der Waals surface area contributed by atoms with E-state index in [2.05, 4.69) is 4.72 Å². The van der Waals surface area contributed by atoms with E-state index in [0.717, 1.165) is 5.56 Å². The Bertz CT molecular complexity index is 611. The Balaban J connectivity index is 2.23. The molecule has 1 aliphatic rings. The zero-order valence-electron chi connectivity index (χ0n) is 11.1. The van der Waals surface area contributed by atoms with E-state index in [0.29, 0.717) is 25.2 Å². The van der Waals surface area contributed by atoms with Crippen molar-refractivity contribution in [2.45, 2.75) is 37.1 Å². The molecular formula is C13H17NO5S. The first-order valence-electron chi connectivity index (χ1n) is 6.45. The minimum absolute atomic E-state index is 0.0732. The zero-order chi connectivity index (χ0) is 14.8. The first-order valence-corrected chi connectivity index (χ1v) is 7.93. The second kappa shape index (κ2) is 5.80. The maximum absolute atomic E-state index is 12.2. The number of benzene rings is 1. The molecule has 0 saturated carbocycles. The van der Waals surface area contributed by atoms with Crippen molar-refractivity contribution in [3.63, 3.8) is 0 Å². The third-order valence-electron chi connectivity index (χ3n) is 3.14. The van der Waals surface area contributed by atoms with Gasteiger partial charge in [-0.2, -0.15) is 4.72 Å². The van der Waals surface area contributed by atoms with Crippen molar-refractivity contribution < 1.29 is 23.1 Å². The Morgan fingerprint density at radius 2 is 2.25 bits per heavy atom. The van der Waals surface area contributed by atoms with Crippen LogP contribution in [0.3, 0.4) is 0 Å². The average Bonchev–Trinajstić information content (AvgIpc) is 2.85. The summed E-state index contributed by atoms with van der Waals surface area (Å²) in [6.07, 6.45) is 1.50. The number of carboxylic acid groups (broad SMARTS) is 1. The highest BCUT2D eigenvalue weighted by molar-refractivity contribution is 7.89. The number of hydrogen-bond acceptors (Lipinski definition) is 4. The lowest BCUT2D eigenvalue weighted by atomic mass is 10.2. The molecule has 1 heterocycles. The van der Waals surface area contributed by atoms with Crippen LogP contribution < -0.4 is 9.46 Å². The maximum Gasteiger partial charge on any atom is 0.321 e. The van der Waals surface area contributed by atoms with Crippen molar-refractivity contribution in [2.75, 3.05) is 6.61 Å². The van der Waals surface area contributed by atoms with Crippen molar-refractivity contribution in [1.82, 2.24) is 4.72 Å². The van der Waals surface area contributed by atoms with Crippen LogP contribution in [0.25, 0.3) is 0 Å². The van der Waals surface area contributed by atoms with Gasteiger partial charge in [0.2, 0.25) is 10.0 Å². The second-order valence-electron chi connectivity index (χ2n) is 4.67. The predicted molar refractivity (Wildman–Crippen MR) is 72.3 cm³/mol. The molecule has 0 aromatic heterocycles. The number of hydrogen-bond donors (Lipinski definition) is 2. The third-order valence-corrected chi connectivity index (χ3v) is 4.61. The molecule has 7 heteroatoms. The van der Waals surface area contributed by atoms with Crippen LogP contribution in [0.2, 0.25) is 0 Å². The predicted octanol–water partition coefficient (Wildman–Crippen LogP) is 1.15. The summed E-state index contributed by atoms with van der Waals surface area (Å²) < 4.78 is 32.0. The van der Waals surface area contributed by atoms with Crippen molar-refractivity contribution >= 4 is 16.0 Å². The fourth-order valence-electron chi connectivity index (χ4n) is 2.11. The zero-order valence-corrected chi connectivity index (χ0v) is 11.9. The van der Waals surface area contributed by atoms with Crippen LogP contribution >= 0.6 is 0 Å². The lowest BCUT2D eigenvalue weighted by Gasteiger charge is -2.14. The minimum atomic E-state index is -3.83. The molecule has 2 N–H and O–H groups in total. The van der Waals surface area contributed by atoms with Gasteiger partial charge >= 0.3 is 5.97 Å². The Labute approximate surface area is 117 Å². The van der Waals surface area contributed by atoms with Crippen molar-refractivity contribution in [3.8, 4) is 5.75 Å². The maximum atomic E-state index is 12.2. The molecule has 0 bridgehead atoms. The highest BCUT2D eigenvalue weighted by Gasteiger charge is 2.25. The molecule has 0 radical (unpaired) electrons. The molecular weight excluding hydrogens is 282 g/mol. The third kappa shape index (κ3) is 3.10. The molecule has 20 heavy (non-hydrogen) atoms. The standard InChI is InChI=1S/C13H17NO5S/c1-2-3-11(13(15)16)14-20(17,18)10-4-5-12-9(8-10)6-7-19-12/h4-5,8,11,14H,2-3,6-7H2,1H3,(H,15,16). The monoisotopic (exact) mass is 299 g/mol. The van der Waals surface area contributed by atoms with Gasteiger partial charge in [-0.15, -0.1) is 0 Å². The van der Waals surface area contributed by atoms with Gasteiger partial charge in [-0.05, 0) is 30.2 Å². The van der Waals surface area contributed by atoms with E-state index in [1.165, 1.54) is 12.1 Å². The van der Waals surface area contributed by atoms with Crippen molar-refractivity contribution in [1.29, 1.82) is 0 Å². The molecule has 1 aromatic rings. The molecule has 1 unspecified atom stereocenters. The Morgan fingerprint density at radius 3 is 2.90 bits per heavy atom. The largest absolute Gasteiger partial charge is 0.493 e. The van der Waals surface area contributed by atoms with E-state index in [1.54, 1.807) is 13.0 Å². The van der Waals surface area contributed by atoms with Gasteiger partial charge in [-0.3, -0.25) is 4.79 Å². The molecule has 0 saturated heterocycles. The van der Waals surface area contributed by atoms with Crippen LogP contribution in [0.1, 0.15) is 25.3 Å². The van der Waals surface area contributed by atoms with Crippen LogP contribution in [-0.4, -0.2) is 32.1 Å². The van der Waals surface area contributed by atoms with Gasteiger partial charge in [-0.1, -0.05) is 13.3 Å². The first-order chi connectivity index (χ1) is 9.44. The van der Waals surface area contributed by atoms with E-state index in [9.17, 15) is 13.2 Å². The normalized spacial score (nSPS) is 15.4. The molecule has 2 rings (SSSR count). The summed E-state index contributed by atoms with van der Waals surface area (Å²) in [5.41, 5.74) is 0.829. The number of aliphatic carboxylic acids is 1. The van der Waals surface area contributed by atoms with Crippen LogP contribution in [-0.2, 0) is 21.2 Å². The van der Waals surface area contributed by atoms with Crippen LogP contribution in [0, 0.1) is 0 Å². The number of sulfonamides is 1. The van der Waals surface area contributed by atoms with Crippen LogP contribution in [0.15, 0.2) is 23.1 Å². The number of fused-ring (bicyclic) bond motifs is 1. The van der Waals surface area contributed by atoms with E-state index in [4.69, 9.17) is 9.84 Å². The summed E-state index contributed by atoms with van der Waals surface area (Å²) in [6.45, 7) is 2.34. The number of nitrogens with one attached hydrogen (secondary N) is 1. The van der Waals surface area contributed by atoms with Gasteiger partial charge in [0.25, 0.3) is 0 Å². The molecule has 0 amide bonds. The molecule has 6 nitrogen and oxygen atoms in total. The highest BCUT2D eigenvalue weighted by Crippen LogP contribution is 2.27. The van der Waals surface area contributed by atoms with E-state index in [-0.39, 0.29) is 11.3 Å². The van der Waals surface area contributed by atoms with E-state index < -0.39 is 22.0 Å². The van der Waals surface area contributed by atoms with Gasteiger partial charge in [0.05, 0.1) is 11.5 Å². The molecule has 0 spiro atoms. The fraction of sp³-hybridized carbons (Fsp3) is 0.462.